The molecule has 7 nitrogen and oxygen atoms in total. The minimum atomic E-state index is -0.401. The van der Waals surface area contributed by atoms with E-state index >= 15 is 0 Å². The number of hydrogen-bond acceptors (Lipinski definition) is 4. The van der Waals surface area contributed by atoms with Crippen LogP contribution in [0.2, 0.25) is 0 Å². The third-order valence-corrected chi connectivity index (χ3v) is 3.02. The van der Waals surface area contributed by atoms with Gasteiger partial charge >= 0.3 is 0 Å². The van der Waals surface area contributed by atoms with Gasteiger partial charge in [0.2, 0.25) is 5.95 Å². The fraction of sp³-hybridized carbons (Fsp3) is 0.538. The van der Waals surface area contributed by atoms with Gasteiger partial charge in [-0.3, -0.25) is 19.5 Å². The first-order chi connectivity index (χ1) is 9.51. The highest BCUT2D eigenvalue weighted by Crippen LogP contribution is 2.12. The number of rotatable bonds is 5. The van der Waals surface area contributed by atoms with E-state index in [1.165, 1.54) is 0 Å². The van der Waals surface area contributed by atoms with Crippen LogP contribution in [0.1, 0.15) is 37.7 Å². The van der Waals surface area contributed by atoms with E-state index in [0.29, 0.717) is 5.95 Å². The summed E-state index contributed by atoms with van der Waals surface area (Å²) in [5, 5.41) is 11.2. The van der Waals surface area contributed by atoms with E-state index < -0.39 is 6.04 Å². The zero-order valence-corrected chi connectivity index (χ0v) is 12.3. The molecule has 0 aromatic carbocycles. The van der Waals surface area contributed by atoms with Crippen molar-refractivity contribution in [1.82, 2.24) is 24.5 Å². The molecule has 2 rings (SSSR count). The van der Waals surface area contributed by atoms with E-state index in [4.69, 9.17) is 0 Å². The number of nitrogens with zero attached hydrogens (tertiary/aromatic N) is 5. The van der Waals surface area contributed by atoms with Crippen LogP contribution in [0.15, 0.2) is 12.4 Å². The summed E-state index contributed by atoms with van der Waals surface area (Å²) in [6.07, 6.45) is 2.59. The Morgan fingerprint density at radius 3 is 2.75 bits per heavy atom. The van der Waals surface area contributed by atoms with Gasteiger partial charge in [-0.1, -0.05) is 6.92 Å². The Morgan fingerprint density at radius 2 is 2.15 bits per heavy atom. The zero-order valence-electron chi connectivity index (χ0n) is 12.3. The Kier molecular flexibility index (Phi) is 4.16. The number of aryl methyl sites for hydroxylation is 3. The first-order valence-corrected chi connectivity index (χ1v) is 6.74. The first-order valence-electron chi connectivity index (χ1n) is 6.74. The second-order valence-corrected chi connectivity index (χ2v) is 4.87. The lowest BCUT2D eigenvalue weighted by Gasteiger charge is -2.12. The summed E-state index contributed by atoms with van der Waals surface area (Å²) >= 11 is 0. The molecule has 0 spiro atoms. The second-order valence-electron chi connectivity index (χ2n) is 4.87. The molecule has 0 bridgehead atoms. The van der Waals surface area contributed by atoms with E-state index in [2.05, 4.69) is 27.4 Å². The minimum absolute atomic E-state index is 0.176. The Bertz CT molecular complexity index is 600. The monoisotopic (exact) mass is 276 g/mol. The van der Waals surface area contributed by atoms with Crippen molar-refractivity contribution < 1.29 is 4.79 Å². The predicted octanol–water partition coefficient (Wildman–Crippen LogP) is 1.70. The molecule has 0 radical (unpaired) electrons. The van der Waals surface area contributed by atoms with Gasteiger partial charge in [0.15, 0.2) is 0 Å². The highest BCUT2D eigenvalue weighted by molar-refractivity contribution is 5.91. The molecule has 0 fully saturated rings. The van der Waals surface area contributed by atoms with Gasteiger partial charge in [0, 0.05) is 12.2 Å². The SMILES string of the molecule is CCCn1cnc(NC(=O)C(C)n2nc(C)cc2C)n1. The highest BCUT2D eigenvalue weighted by atomic mass is 16.2. The largest absolute Gasteiger partial charge is 0.291 e. The molecule has 1 unspecified atom stereocenters. The fourth-order valence-corrected chi connectivity index (χ4v) is 2.05. The van der Waals surface area contributed by atoms with Crippen LogP contribution in [0.3, 0.4) is 0 Å². The van der Waals surface area contributed by atoms with Crippen molar-refractivity contribution in [2.75, 3.05) is 5.32 Å². The van der Waals surface area contributed by atoms with Crippen LogP contribution >= 0.6 is 0 Å². The summed E-state index contributed by atoms with van der Waals surface area (Å²) in [7, 11) is 0. The second kappa shape index (κ2) is 5.85. The van der Waals surface area contributed by atoms with Crippen LogP contribution in [0, 0.1) is 13.8 Å². The molecule has 0 aliphatic carbocycles. The number of hydrogen-bond donors (Lipinski definition) is 1. The summed E-state index contributed by atoms with van der Waals surface area (Å²) in [5.74, 6) is 0.155. The summed E-state index contributed by atoms with van der Waals surface area (Å²) in [6.45, 7) is 8.48. The molecule has 1 atom stereocenters. The van der Waals surface area contributed by atoms with Crippen molar-refractivity contribution in [2.24, 2.45) is 0 Å². The Balaban J connectivity index is 2.05. The molecule has 2 aromatic heterocycles. The van der Waals surface area contributed by atoms with Crippen LogP contribution in [-0.2, 0) is 11.3 Å². The Hall–Kier alpha value is -2.18. The predicted molar refractivity (Wildman–Crippen MR) is 75.4 cm³/mol. The van der Waals surface area contributed by atoms with Gasteiger partial charge in [-0.2, -0.15) is 5.10 Å². The lowest BCUT2D eigenvalue weighted by molar-refractivity contribution is -0.119. The van der Waals surface area contributed by atoms with Gasteiger partial charge in [0.1, 0.15) is 12.4 Å². The number of amides is 1. The van der Waals surface area contributed by atoms with Crippen LogP contribution in [0.25, 0.3) is 0 Å². The summed E-state index contributed by atoms with van der Waals surface area (Å²) in [6, 6.07) is 1.54. The number of carbonyl (C=O) groups is 1. The fourth-order valence-electron chi connectivity index (χ4n) is 2.05. The molecule has 20 heavy (non-hydrogen) atoms. The molecular formula is C13H20N6O. The molecular weight excluding hydrogens is 256 g/mol. The molecule has 7 heteroatoms. The van der Waals surface area contributed by atoms with E-state index in [0.717, 1.165) is 24.4 Å². The van der Waals surface area contributed by atoms with Gasteiger partial charge in [-0.25, -0.2) is 4.98 Å². The van der Waals surface area contributed by atoms with Crippen molar-refractivity contribution in [1.29, 1.82) is 0 Å². The first kappa shape index (κ1) is 14.2. The summed E-state index contributed by atoms with van der Waals surface area (Å²) < 4.78 is 3.41. The van der Waals surface area contributed by atoms with E-state index in [1.54, 1.807) is 22.6 Å². The summed E-state index contributed by atoms with van der Waals surface area (Å²) in [5.41, 5.74) is 1.85. The molecule has 0 saturated heterocycles. The maximum Gasteiger partial charge on any atom is 0.251 e. The molecule has 108 valence electrons. The maximum atomic E-state index is 12.2. The number of carbonyl (C=O) groups excluding carboxylic acids is 1. The van der Waals surface area contributed by atoms with Crippen molar-refractivity contribution in [3.8, 4) is 0 Å². The molecule has 2 heterocycles. The van der Waals surface area contributed by atoms with Gasteiger partial charge in [-0.05, 0) is 33.3 Å². The Morgan fingerprint density at radius 1 is 1.40 bits per heavy atom. The average molecular weight is 276 g/mol. The number of nitrogens with one attached hydrogen (secondary N) is 1. The number of anilines is 1. The van der Waals surface area contributed by atoms with Gasteiger partial charge in [0.05, 0.1) is 5.69 Å². The number of aromatic nitrogens is 5. The molecule has 0 saturated carbocycles. The van der Waals surface area contributed by atoms with Crippen LogP contribution < -0.4 is 5.32 Å². The molecule has 2 aromatic rings. The molecule has 0 aliphatic rings. The van der Waals surface area contributed by atoms with Gasteiger partial charge < -0.3 is 0 Å². The van der Waals surface area contributed by atoms with Gasteiger partial charge in [-0.15, -0.1) is 5.10 Å². The standard InChI is InChI=1S/C13H20N6O/c1-5-6-18-8-14-13(17-18)15-12(20)11(4)19-10(3)7-9(2)16-19/h7-8,11H,5-6H2,1-4H3,(H,15,17,20). The third-order valence-electron chi connectivity index (χ3n) is 3.02. The van der Waals surface area contributed by atoms with Crippen molar-refractivity contribution in [2.45, 2.75) is 46.7 Å². The quantitative estimate of drug-likeness (QED) is 0.901. The van der Waals surface area contributed by atoms with Gasteiger partial charge in [0.25, 0.3) is 5.91 Å². The van der Waals surface area contributed by atoms with E-state index in [1.807, 2.05) is 19.9 Å². The smallest absolute Gasteiger partial charge is 0.251 e. The highest BCUT2D eigenvalue weighted by Gasteiger charge is 2.19. The van der Waals surface area contributed by atoms with Crippen LogP contribution in [0.5, 0.6) is 0 Å². The Labute approximate surface area is 118 Å². The molecule has 0 aliphatic heterocycles. The third kappa shape index (κ3) is 3.04. The lowest BCUT2D eigenvalue weighted by Crippen LogP contribution is -2.25. The maximum absolute atomic E-state index is 12.2. The van der Waals surface area contributed by atoms with Crippen LogP contribution in [-0.4, -0.2) is 30.5 Å². The topological polar surface area (TPSA) is 77.6 Å². The lowest BCUT2D eigenvalue weighted by atomic mass is 10.3. The van der Waals surface area contributed by atoms with E-state index in [-0.39, 0.29) is 5.91 Å². The average Bonchev–Trinajstić information content (AvgIpc) is 2.95. The molecule has 1 amide bonds. The minimum Gasteiger partial charge on any atom is -0.291 e. The summed E-state index contributed by atoms with van der Waals surface area (Å²) in [4.78, 5) is 16.2. The molecule has 1 N–H and O–H groups in total. The van der Waals surface area contributed by atoms with Crippen molar-refractivity contribution >= 4 is 11.9 Å². The van der Waals surface area contributed by atoms with E-state index in [9.17, 15) is 4.79 Å². The zero-order chi connectivity index (χ0) is 14.7. The van der Waals surface area contributed by atoms with Crippen molar-refractivity contribution in [3.05, 3.63) is 23.8 Å². The van der Waals surface area contributed by atoms with Crippen molar-refractivity contribution in [3.63, 3.8) is 0 Å². The van der Waals surface area contributed by atoms with Crippen LogP contribution in [0.4, 0.5) is 5.95 Å². The normalized spacial score (nSPS) is 12.4.